The van der Waals surface area contributed by atoms with Crippen molar-refractivity contribution in [3.05, 3.63) is 49.9 Å². The number of thioether (sulfide) groups is 1. The van der Waals surface area contributed by atoms with Gasteiger partial charge in [-0.1, -0.05) is 11.6 Å². The maximum atomic E-state index is 11.6. The number of carbonyl (C=O) groups is 2. The first kappa shape index (κ1) is 17.6. The van der Waals surface area contributed by atoms with Gasteiger partial charge in [0.25, 0.3) is 11.6 Å². The van der Waals surface area contributed by atoms with E-state index in [1.165, 1.54) is 31.5 Å². The lowest BCUT2D eigenvalue weighted by Gasteiger charge is -1.95. The summed E-state index contributed by atoms with van der Waals surface area (Å²) in [4.78, 5) is 33.0. The van der Waals surface area contributed by atoms with Gasteiger partial charge >= 0.3 is 5.97 Å². The molecule has 0 unspecified atom stereocenters. The summed E-state index contributed by atoms with van der Waals surface area (Å²) in [5.74, 6) is -1.17. The molecule has 124 valence electrons. The van der Waals surface area contributed by atoms with Crippen LogP contribution in [0.5, 0.6) is 0 Å². The molecule has 0 atom stereocenters. The maximum absolute atomic E-state index is 11.6. The van der Waals surface area contributed by atoms with Crippen LogP contribution in [-0.4, -0.2) is 35.3 Å². The van der Waals surface area contributed by atoms with Crippen LogP contribution >= 0.6 is 23.4 Å². The highest BCUT2D eigenvalue weighted by Crippen LogP contribution is 2.23. The summed E-state index contributed by atoms with van der Waals surface area (Å²) in [6.45, 7) is 0. The SMILES string of the molecule is COC(=O)/C=C1/S/C(=N\N=Cc2cc(Cl)cc([N+](=O)[O-])c2)NC1=O. The van der Waals surface area contributed by atoms with Crippen LogP contribution in [0.2, 0.25) is 5.02 Å². The Morgan fingerprint density at radius 1 is 1.46 bits per heavy atom. The molecule has 0 bridgehead atoms. The zero-order valence-electron chi connectivity index (χ0n) is 12.1. The topological polar surface area (TPSA) is 123 Å². The summed E-state index contributed by atoms with van der Waals surface area (Å²) < 4.78 is 4.43. The number of nitrogens with one attached hydrogen (secondary N) is 1. The van der Waals surface area contributed by atoms with Gasteiger partial charge in [-0.3, -0.25) is 20.2 Å². The van der Waals surface area contributed by atoms with Crippen molar-refractivity contribution in [3.63, 3.8) is 0 Å². The fourth-order valence-corrected chi connectivity index (χ4v) is 2.54. The third-order valence-electron chi connectivity index (χ3n) is 2.57. The average Bonchev–Trinajstić information content (AvgIpc) is 2.86. The van der Waals surface area contributed by atoms with E-state index in [0.29, 0.717) is 5.56 Å². The summed E-state index contributed by atoms with van der Waals surface area (Å²) in [5.41, 5.74) is 0.196. The van der Waals surface area contributed by atoms with Gasteiger partial charge in [0.05, 0.1) is 23.2 Å². The van der Waals surface area contributed by atoms with E-state index in [1.54, 1.807) is 0 Å². The van der Waals surface area contributed by atoms with Crippen LogP contribution in [0.15, 0.2) is 39.4 Å². The Labute approximate surface area is 144 Å². The number of ether oxygens (including phenoxy) is 1. The molecule has 1 aliphatic heterocycles. The van der Waals surface area contributed by atoms with E-state index in [0.717, 1.165) is 17.8 Å². The number of methoxy groups -OCH3 is 1. The molecule has 1 saturated heterocycles. The molecule has 1 aromatic rings. The Morgan fingerprint density at radius 3 is 2.88 bits per heavy atom. The van der Waals surface area contributed by atoms with Crippen LogP contribution in [0.3, 0.4) is 0 Å². The van der Waals surface area contributed by atoms with Gasteiger partial charge in [0.1, 0.15) is 0 Å². The zero-order chi connectivity index (χ0) is 17.7. The van der Waals surface area contributed by atoms with Gasteiger partial charge in [-0.25, -0.2) is 4.79 Å². The number of carbonyl (C=O) groups excluding carboxylic acids is 2. The van der Waals surface area contributed by atoms with Crippen molar-refractivity contribution in [1.82, 2.24) is 5.32 Å². The Balaban J connectivity index is 2.13. The number of nitro benzene ring substituents is 1. The number of esters is 1. The number of amidine groups is 1. The van der Waals surface area contributed by atoms with Crippen LogP contribution in [0.4, 0.5) is 5.69 Å². The lowest BCUT2D eigenvalue weighted by atomic mass is 10.2. The quantitative estimate of drug-likeness (QED) is 0.284. The molecule has 0 aliphatic carbocycles. The molecular formula is C13H9ClN4O5S. The maximum Gasteiger partial charge on any atom is 0.331 e. The smallest absolute Gasteiger partial charge is 0.331 e. The fraction of sp³-hybridized carbons (Fsp3) is 0.0769. The van der Waals surface area contributed by atoms with E-state index >= 15 is 0 Å². The van der Waals surface area contributed by atoms with Gasteiger partial charge < -0.3 is 4.74 Å². The molecule has 2 rings (SSSR count). The summed E-state index contributed by atoms with van der Waals surface area (Å²) in [7, 11) is 1.19. The first-order valence-corrected chi connectivity index (χ1v) is 7.43. The Morgan fingerprint density at radius 2 is 2.21 bits per heavy atom. The van der Waals surface area contributed by atoms with Gasteiger partial charge in [0.2, 0.25) is 0 Å². The molecule has 11 heteroatoms. The molecule has 1 heterocycles. The number of hydrogen-bond acceptors (Lipinski definition) is 8. The van der Waals surface area contributed by atoms with E-state index < -0.39 is 16.8 Å². The number of rotatable bonds is 4. The number of amides is 1. The van der Waals surface area contributed by atoms with Gasteiger partial charge in [0.15, 0.2) is 5.17 Å². The molecule has 1 aliphatic rings. The number of nitro groups is 1. The largest absolute Gasteiger partial charge is 0.466 e. The van der Waals surface area contributed by atoms with Crippen LogP contribution < -0.4 is 5.32 Å². The number of halogens is 1. The van der Waals surface area contributed by atoms with Crippen LogP contribution in [-0.2, 0) is 14.3 Å². The predicted molar refractivity (Wildman–Crippen MR) is 89.0 cm³/mol. The molecular weight excluding hydrogens is 360 g/mol. The number of nitrogens with zero attached hydrogens (tertiary/aromatic N) is 3. The van der Waals surface area contributed by atoms with Crippen molar-refractivity contribution in [3.8, 4) is 0 Å². The summed E-state index contributed by atoms with van der Waals surface area (Å²) in [6, 6.07) is 3.96. The van der Waals surface area contributed by atoms with Crippen LogP contribution in [0.25, 0.3) is 0 Å². The number of benzene rings is 1. The van der Waals surface area contributed by atoms with Gasteiger partial charge in [-0.05, 0) is 17.8 Å². The first-order chi connectivity index (χ1) is 11.4. The normalized spacial score (nSPS) is 17.5. The molecule has 9 nitrogen and oxygen atoms in total. The summed E-state index contributed by atoms with van der Waals surface area (Å²) in [5, 5.41) is 21.0. The molecule has 0 saturated carbocycles. The minimum Gasteiger partial charge on any atom is -0.466 e. The Hall–Kier alpha value is -2.72. The van der Waals surface area contributed by atoms with Crippen molar-refractivity contribution in [2.45, 2.75) is 0 Å². The van der Waals surface area contributed by atoms with Crippen molar-refractivity contribution >= 4 is 52.3 Å². The lowest BCUT2D eigenvalue weighted by molar-refractivity contribution is -0.384. The average molecular weight is 369 g/mol. The minimum absolute atomic E-state index is 0.120. The van der Waals surface area contributed by atoms with E-state index in [4.69, 9.17) is 11.6 Å². The van der Waals surface area contributed by atoms with Crippen molar-refractivity contribution in [2.75, 3.05) is 7.11 Å². The highest BCUT2D eigenvalue weighted by molar-refractivity contribution is 8.18. The Kier molecular flexibility index (Phi) is 5.66. The standard InChI is InChI=1S/C13H9ClN4O5S/c1-23-11(19)5-10-12(20)16-13(24-10)17-15-6-7-2-8(14)4-9(3-7)18(21)22/h2-6H,1H3,(H,16,17,20)/b10-5+,15-6?. The predicted octanol–water partition coefficient (Wildman–Crippen LogP) is 1.86. The van der Waals surface area contributed by atoms with E-state index in [9.17, 15) is 19.7 Å². The molecule has 0 radical (unpaired) electrons. The third kappa shape index (κ3) is 4.64. The second-order valence-electron chi connectivity index (χ2n) is 4.24. The second kappa shape index (κ2) is 7.70. The Bertz CT molecular complexity index is 806. The summed E-state index contributed by atoms with van der Waals surface area (Å²) in [6.07, 6.45) is 2.28. The molecule has 0 spiro atoms. The monoisotopic (exact) mass is 368 g/mol. The summed E-state index contributed by atoms with van der Waals surface area (Å²) >= 11 is 6.70. The van der Waals surface area contributed by atoms with Gasteiger partial charge in [-0.2, -0.15) is 5.10 Å². The fourth-order valence-electron chi connectivity index (χ4n) is 1.57. The van der Waals surface area contributed by atoms with E-state index in [2.05, 4.69) is 20.3 Å². The van der Waals surface area contributed by atoms with Crippen molar-refractivity contribution in [2.24, 2.45) is 10.2 Å². The highest BCUT2D eigenvalue weighted by atomic mass is 35.5. The molecule has 0 aromatic heterocycles. The molecule has 1 aromatic carbocycles. The first-order valence-electron chi connectivity index (χ1n) is 6.24. The van der Waals surface area contributed by atoms with Crippen LogP contribution in [0.1, 0.15) is 5.56 Å². The van der Waals surface area contributed by atoms with E-state index in [1.807, 2.05) is 0 Å². The highest BCUT2D eigenvalue weighted by Gasteiger charge is 2.25. The minimum atomic E-state index is -0.663. The molecule has 24 heavy (non-hydrogen) atoms. The lowest BCUT2D eigenvalue weighted by Crippen LogP contribution is -2.19. The molecule has 1 amide bonds. The van der Waals surface area contributed by atoms with Crippen molar-refractivity contribution < 1.29 is 19.2 Å². The van der Waals surface area contributed by atoms with Gasteiger partial charge in [-0.15, -0.1) is 5.10 Å². The van der Waals surface area contributed by atoms with E-state index in [-0.39, 0.29) is 20.8 Å². The molecule has 1 fully saturated rings. The van der Waals surface area contributed by atoms with Crippen molar-refractivity contribution in [1.29, 1.82) is 0 Å². The number of non-ortho nitro benzene ring substituents is 1. The zero-order valence-corrected chi connectivity index (χ0v) is 13.6. The van der Waals surface area contributed by atoms with Crippen LogP contribution in [0, 0.1) is 10.1 Å². The molecule has 1 N–H and O–H groups in total. The second-order valence-corrected chi connectivity index (χ2v) is 5.70. The third-order valence-corrected chi connectivity index (χ3v) is 3.69. The van der Waals surface area contributed by atoms with Gasteiger partial charge in [0, 0.05) is 28.8 Å². The number of hydrogen-bond donors (Lipinski definition) is 1.